The van der Waals surface area contributed by atoms with Crippen LogP contribution in [0, 0.1) is 5.92 Å². The number of hydrogen-bond donors (Lipinski definition) is 5. The highest BCUT2D eigenvalue weighted by molar-refractivity contribution is 5.87. The number of phenolic OH excluding ortho intramolecular Hbond substituents is 2. The molecule has 0 radical (unpaired) electrons. The Bertz CT molecular complexity index is 641. The Morgan fingerprint density at radius 3 is 2.25 bits per heavy atom. The topological polar surface area (TPSA) is 145 Å². The monoisotopic (exact) mass is 338 g/mol. The predicted octanol–water partition coefficient (Wildman–Crippen LogP) is 0.239. The number of hydrogen-bond acceptors (Lipinski definition) is 7. The van der Waals surface area contributed by atoms with Crippen LogP contribution in [0.25, 0.3) is 6.08 Å². The quantitative estimate of drug-likeness (QED) is 0.298. The molecule has 8 heteroatoms. The lowest BCUT2D eigenvalue weighted by atomic mass is 9.83. The van der Waals surface area contributed by atoms with Crippen LogP contribution in [0.4, 0.5) is 0 Å². The van der Waals surface area contributed by atoms with Crippen LogP contribution < -0.4 is 0 Å². The number of esters is 1. The maximum absolute atomic E-state index is 11.8. The van der Waals surface area contributed by atoms with Crippen LogP contribution in [0.5, 0.6) is 11.5 Å². The van der Waals surface area contributed by atoms with Gasteiger partial charge in [-0.3, -0.25) is 4.79 Å². The molecule has 2 rings (SSSR count). The van der Waals surface area contributed by atoms with Crippen LogP contribution in [-0.4, -0.2) is 55.8 Å². The van der Waals surface area contributed by atoms with Crippen molar-refractivity contribution in [2.24, 2.45) is 5.92 Å². The second-order valence-electron chi connectivity index (χ2n) is 5.62. The molecule has 5 N–H and O–H groups in total. The van der Waals surface area contributed by atoms with Gasteiger partial charge in [-0.25, -0.2) is 4.79 Å². The molecule has 8 nitrogen and oxygen atoms in total. The fourth-order valence-electron chi connectivity index (χ4n) is 2.54. The molecule has 0 aliphatic heterocycles. The van der Waals surface area contributed by atoms with Crippen molar-refractivity contribution in [1.82, 2.24) is 0 Å². The van der Waals surface area contributed by atoms with Gasteiger partial charge in [0, 0.05) is 6.08 Å². The highest BCUT2D eigenvalue weighted by Crippen LogP contribution is 2.28. The Morgan fingerprint density at radius 1 is 1.08 bits per heavy atom. The van der Waals surface area contributed by atoms with Gasteiger partial charge in [0.05, 0.1) is 18.1 Å². The summed E-state index contributed by atoms with van der Waals surface area (Å²) < 4.78 is 4.99. The van der Waals surface area contributed by atoms with Gasteiger partial charge in [0.25, 0.3) is 0 Å². The summed E-state index contributed by atoms with van der Waals surface area (Å²) >= 11 is 0. The van der Waals surface area contributed by atoms with E-state index in [1.165, 1.54) is 24.3 Å². The van der Waals surface area contributed by atoms with Crippen LogP contribution in [0.15, 0.2) is 24.3 Å². The van der Waals surface area contributed by atoms with Crippen LogP contribution in [0.1, 0.15) is 18.4 Å². The number of rotatable bonds is 4. The maximum atomic E-state index is 11.8. The zero-order valence-electron chi connectivity index (χ0n) is 12.6. The molecule has 1 aromatic rings. The van der Waals surface area contributed by atoms with E-state index in [4.69, 9.17) is 9.84 Å². The standard InChI is InChI=1S/C16H18O8/c17-10-3-1-8(5-11(10)18)2-4-14(21)24-15-12(19)6-9(16(22)23)7-13(15)20/h1-5,9,12-13,15,17-20H,6-7H2,(H,22,23). The van der Waals surface area contributed by atoms with E-state index in [9.17, 15) is 30.0 Å². The third-order valence-electron chi connectivity index (χ3n) is 3.82. The van der Waals surface area contributed by atoms with E-state index in [1.807, 2.05) is 0 Å². The zero-order chi connectivity index (χ0) is 17.9. The summed E-state index contributed by atoms with van der Waals surface area (Å²) in [5, 5.41) is 47.2. The average Bonchev–Trinajstić information content (AvgIpc) is 2.51. The number of benzene rings is 1. The molecular weight excluding hydrogens is 320 g/mol. The van der Waals surface area contributed by atoms with Gasteiger partial charge in [-0.15, -0.1) is 0 Å². The minimum absolute atomic E-state index is 0.111. The number of aliphatic hydroxyl groups is 2. The number of aliphatic hydroxyl groups excluding tert-OH is 2. The molecule has 0 amide bonds. The Balaban J connectivity index is 1.97. The van der Waals surface area contributed by atoms with E-state index in [1.54, 1.807) is 0 Å². The van der Waals surface area contributed by atoms with Crippen LogP contribution >= 0.6 is 0 Å². The summed E-state index contributed by atoms with van der Waals surface area (Å²) in [5.74, 6) is -3.48. The molecule has 0 aromatic heterocycles. The van der Waals surface area contributed by atoms with Crippen molar-refractivity contribution in [2.45, 2.75) is 31.2 Å². The zero-order valence-corrected chi connectivity index (χ0v) is 12.6. The van der Waals surface area contributed by atoms with E-state index in [0.717, 1.165) is 6.08 Å². The SMILES string of the molecule is O=C(C=Cc1ccc(O)c(O)c1)OC1C(O)CC(C(=O)O)CC1O. The second kappa shape index (κ2) is 7.33. The minimum atomic E-state index is -1.27. The van der Waals surface area contributed by atoms with Gasteiger partial charge in [0.1, 0.15) is 0 Å². The summed E-state index contributed by atoms with van der Waals surface area (Å²) in [6, 6.07) is 3.95. The van der Waals surface area contributed by atoms with Crippen molar-refractivity contribution >= 4 is 18.0 Å². The molecule has 0 bridgehead atoms. The van der Waals surface area contributed by atoms with E-state index in [-0.39, 0.29) is 24.3 Å². The van der Waals surface area contributed by atoms with Crippen LogP contribution in [0.3, 0.4) is 0 Å². The van der Waals surface area contributed by atoms with E-state index < -0.39 is 36.2 Å². The molecule has 1 aliphatic rings. The van der Waals surface area contributed by atoms with E-state index >= 15 is 0 Å². The first-order valence-corrected chi connectivity index (χ1v) is 7.27. The molecule has 24 heavy (non-hydrogen) atoms. The number of carboxylic acids is 1. The summed E-state index contributed by atoms with van der Waals surface area (Å²) in [4.78, 5) is 22.7. The Hall–Kier alpha value is -2.58. The Morgan fingerprint density at radius 2 is 1.71 bits per heavy atom. The van der Waals surface area contributed by atoms with Crippen molar-refractivity contribution in [1.29, 1.82) is 0 Å². The third kappa shape index (κ3) is 4.24. The number of aromatic hydroxyl groups is 2. The molecule has 1 fully saturated rings. The molecule has 0 spiro atoms. The smallest absolute Gasteiger partial charge is 0.331 e. The minimum Gasteiger partial charge on any atom is -0.504 e. The lowest BCUT2D eigenvalue weighted by molar-refractivity contribution is -0.171. The number of phenols is 2. The number of carboxylic acid groups (broad SMARTS) is 1. The van der Waals surface area contributed by atoms with Gasteiger partial charge in [-0.2, -0.15) is 0 Å². The normalized spacial score (nSPS) is 27.1. The van der Waals surface area contributed by atoms with Crippen LogP contribution in [0.2, 0.25) is 0 Å². The molecule has 2 atom stereocenters. The van der Waals surface area contributed by atoms with Gasteiger partial charge in [0.15, 0.2) is 17.6 Å². The summed E-state index contributed by atoms with van der Waals surface area (Å²) in [5.41, 5.74) is 0.429. The molecule has 1 aromatic carbocycles. The second-order valence-corrected chi connectivity index (χ2v) is 5.62. The van der Waals surface area contributed by atoms with E-state index in [2.05, 4.69) is 0 Å². The molecule has 0 heterocycles. The fourth-order valence-corrected chi connectivity index (χ4v) is 2.54. The number of carbonyl (C=O) groups is 2. The van der Waals surface area contributed by atoms with Crippen molar-refractivity contribution < 1.29 is 39.9 Å². The predicted molar refractivity (Wildman–Crippen MR) is 81.1 cm³/mol. The molecule has 130 valence electrons. The molecule has 2 unspecified atom stereocenters. The van der Waals surface area contributed by atoms with Gasteiger partial charge in [-0.05, 0) is 36.6 Å². The molecule has 1 aliphatic carbocycles. The van der Waals surface area contributed by atoms with Gasteiger partial charge in [0.2, 0.25) is 0 Å². The largest absolute Gasteiger partial charge is 0.504 e. The van der Waals surface area contributed by atoms with Crippen molar-refractivity contribution in [3.63, 3.8) is 0 Å². The average molecular weight is 338 g/mol. The number of aliphatic carboxylic acids is 1. The first kappa shape index (κ1) is 17.8. The fraction of sp³-hybridized carbons (Fsp3) is 0.375. The molecule has 1 saturated carbocycles. The molecular formula is C16H18O8. The number of carbonyl (C=O) groups excluding carboxylic acids is 1. The first-order valence-electron chi connectivity index (χ1n) is 7.27. The lowest BCUT2D eigenvalue weighted by Crippen LogP contribution is -2.48. The summed E-state index contributed by atoms with van der Waals surface area (Å²) in [6.45, 7) is 0. The first-order chi connectivity index (χ1) is 11.3. The number of ether oxygens (including phenoxy) is 1. The van der Waals surface area contributed by atoms with Gasteiger partial charge in [-0.1, -0.05) is 6.07 Å². The van der Waals surface area contributed by atoms with Crippen molar-refractivity contribution in [3.05, 3.63) is 29.8 Å². The van der Waals surface area contributed by atoms with Crippen molar-refractivity contribution in [3.8, 4) is 11.5 Å². The molecule has 0 saturated heterocycles. The summed E-state index contributed by atoms with van der Waals surface area (Å²) in [7, 11) is 0. The third-order valence-corrected chi connectivity index (χ3v) is 3.82. The highest BCUT2D eigenvalue weighted by Gasteiger charge is 2.41. The van der Waals surface area contributed by atoms with E-state index in [0.29, 0.717) is 5.56 Å². The van der Waals surface area contributed by atoms with Crippen LogP contribution in [-0.2, 0) is 14.3 Å². The maximum Gasteiger partial charge on any atom is 0.331 e. The van der Waals surface area contributed by atoms with Gasteiger partial charge < -0.3 is 30.3 Å². The van der Waals surface area contributed by atoms with Crippen molar-refractivity contribution in [2.75, 3.05) is 0 Å². The highest BCUT2D eigenvalue weighted by atomic mass is 16.6. The Labute approximate surface area is 137 Å². The lowest BCUT2D eigenvalue weighted by Gasteiger charge is -2.34. The Kier molecular flexibility index (Phi) is 5.42. The van der Waals surface area contributed by atoms with Gasteiger partial charge >= 0.3 is 11.9 Å². The summed E-state index contributed by atoms with van der Waals surface area (Å²) in [6.07, 6.45) is -1.61.